The summed E-state index contributed by atoms with van der Waals surface area (Å²) in [5.74, 6) is -0.572. The van der Waals surface area contributed by atoms with Crippen molar-refractivity contribution in [3.63, 3.8) is 0 Å². The highest BCUT2D eigenvalue weighted by atomic mass is 16.2. The van der Waals surface area contributed by atoms with Crippen molar-refractivity contribution in [1.29, 1.82) is 0 Å². The third kappa shape index (κ3) is 5.58. The van der Waals surface area contributed by atoms with Gasteiger partial charge in [-0.3, -0.25) is 14.4 Å². The van der Waals surface area contributed by atoms with Crippen molar-refractivity contribution in [3.8, 4) is 0 Å². The molecule has 2 aromatic carbocycles. The van der Waals surface area contributed by atoms with Crippen molar-refractivity contribution in [2.75, 3.05) is 16.8 Å². The van der Waals surface area contributed by atoms with E-state index in [1.165, 1.54) is 11.6 Å². The van der Waals surface area contributed by atoms with Crippen LogP contribution in [0.5, 0.6) is 0 Å². The van der Waals surface area contributed by atoms with Gasteiger partial charge in [0.2, 0.25) is 11.8 Å². The third-order valence-corrected chi connectivity index (χ3v) is 6.04. The van der Waals surface area contributed by atoms with E-state index in [1.54, 1.807) is 21.7 Å². The molecule has 1 aromatic heterocycles. The van der Waals surface area contributed by atoms with E-state index in [4.69, 9.17) is 0 Å². The molecule has 6 nitrogen and oxygen atoms in total. The summed E-state index contributed by atoms with van der Waals surface area (Å²) >= 11 is 0. The Labute approximate surface area is 193 Å². The zero-order valence-corrected chi connectivity index (χ0v) is 18.9. The number of aryl methyl sites for hydroxylation is 1. The van der Waals surface area contributed by atoms with Crippen LogP contribution in [-0.4, -0.2) is 22.9 Å². The largest absolute Gasteiger partial charge is 0.326 e. The fourth-order valence-corrected chi connectivity index (χ4v) is 4.08. The SMILES string of the molecule is CCCCc1ccc(N2C[C@@H](C(=O)Nc3ccc(Cn4ccccc4=O)cc3)CC2=O)cc1. The number of benzene rings is 2. The molecule has 1 fully saturated rings. The predicted molar refractivity (Wildman–Crippen MR) is 130 cm³/mol. The van der Waals surface area contributed by atoms with Crippen molar-refractivity contribution >= 4 is 23.2 Å². The summed E-state index contributed by atoms with van der Waals surface area (Å²) in [6.07, 6.45) is 5.30. The number of nitrogens with one attached hydrogen (secondary N) is 1. The first-order valence-electron chi connectivity index (χ1n) is 11.5. The first-order chi connectivity index (χ1) is 16.0. The first-order valence-corrected chi connectivity index (χ1v) is 11.5. The predicted octanol–water partition coefficient (Wildman–Crippen LogP) is 4.23. The van der Waals surface area contributed by atoms with Crippen LogP contribution in [0.1, 0.15) is 37.3 Å². The lowest BCUT2D eigenvalue weighted by atomic mass is 10.1. The number of rotatable bonds is 8. The van der Waals surface area contributed by atoms with Crippen LogP contribution in [0.15, 0.2) is 77.7 Å². The fourth-order valence-electron chi connectivity index (χ4n) is 4.08. The number of hydrogen-bond donors (Lipinski definition) is 1. The minimum atomic E-state index is -0.389. The average Bonchev–Trinajstić information content (AvgIpc) is 3.22. The molecule has 170 valence electrons. The molecular weight excluding hydrogens is 414 g/mol. The van der Waals surface area contributed by atoms with Gasteiger partial charge in [0.05, 0.1) is 12.5 Å². The summed E-state index contributed by atoms with van der Waals surface area (Å²) in [5.41, 5.74) is 3.69. The van der Waals surface area contributed by atoms with Crippen LogP contribution in [0, 0.1) is 5.92 Å². The van der Waals surface area contributed by atoms with Gasteiger partial charge < -0.3 is 14.8 Å². The molecule has 0 aliphatic carbocycles. The molecule has 33 heavy (non-hydrogen) atoms. The molecule has 0 saturated carbocycles. The highest BCUT2D eigenvalue weighted by Crippen LogP contribution is 2.26. The van der Waals surface area contributed by atoms with Gasteiger partial charge in [-0.25, -0.2) is 0 Å². The van der Waals surface area contributed by atoms with E-state index in [-0.39, 0.29) is 29.7 Å². The first kappa shape index (κ1) is 22.5. The van der Waals surface area contributed by atoms with E-state index in [0.717, 1.165) is 30.5 Å². The molecular formula is C27H29N3O3. The number of unbranched alkanes of at least 4 members (excludes halogenated alkanes) is 1. The Morgan fingerprint density at radius 1 is 0.970 bits per heavy atom. The summed E-state index contributed by atoms with van der Waals surface area (Å²) in [7, 11) is 0. The molecule has 6 heteroatoms. The van der Waals surface area contributed by atoms with E-state index in [1.807, 2.05) is 42.5 Å². The second-order valence-electron chi connectivity index (χ2n) is 8.53. The molecule has 2 heterocycles. The number of aromatic nitrogens is 1. The molecule has 0 unspecified atom stereocenters. The van der Waals surface area contributed by atoms with Gasteiger partial charge in [-0.1, -0.05) is 43.7 Å². The van der Waals surface area contributed by atoms with Crippen LogP contribution in [0.25, 0.3) is 0 Å². The number of carbonyl (C=O) groups is 2. The number of hydrogen-bond acceptors (Lipinski definition) is 3. The van der Waals surface area contributed by atoms with Crippen molar-refractivity contribution in [2.24, 2.45) is 5.92 Å². The number of amides is 2. The van der Waals surface area contributed by atoms with Crippen LogP contribution >= 0.6 is 0 Å². The maximum absolute atomic E-state index is 12.8. The number of pyridine rings is 1. The lowest BCUT2D eigenvalue weighted by molar-refractivity contribution is -0.122. The zero-order chi connectivity index (χ0) is 23.2. The maximum atomic E-state index is 12.8. The fraction of sp³-hybridized carbons (Fsp3) is 0.296. The molecule has 3 aromatic rings. The summed E-state index contributed by atoms with van der Waals surface area (Å²) in [4.78, 5) is 38.9. The molecule has 1 aliphatic heterocycles. The average molecular weight is 444 g/mol. The quantitative estimate of drug-likeness (QED) is 0.566. The summed E-state index contributed by atoms with van der Waals surface area (Å²) < 4.78 is 1.63. The molecule has 0 bridgehead atoms. The van der Waals surface area contributed by atoms with Crippen LogP contribution in [0.3, 0.4) is 0 Å². The van der Waals surface area contributed by atoms with Crippen LogP contribution < -0.4 is 15.8 Å². The minimum absolute atomic E-state index is 0.0277. The van der Waals surface area contributed by atoms with Crippen LogP contribution in [0.2, 0.25) is 0 Å². The number of carbonyl (C=O) groups excluding carboxylic acids is 2. The van der Waals surface area contributed by atoms with Gasteiger partial charge in [0, 0.05) is 36.6 Å². The topological polar surface area (TPSA) is 71.4 Å². The Kier molecular flexibility index (Phi) is 7.03. The standard InChI is InChI=1S/C27H29N3O3/c1-2-3-6-20-10-14-24(15-11-20)30-19-22(17-26(30)32)27(33)28-23-12-8-21(9-13-23)18-29-16-5-4-7-25(29)31/h4-5,7-16,22H,2-3,6,17-19H2,1H3,(H,28,33)/t22-/m0/s1. The monoisotopic (exact) mass is 443 g/mol. The van der Waals surface area contributed by atoms with Gasteiger partial charge in [0.1, 0.15) is 0 Å². The second-order valence-corrected chi connectivity index (χ2v) is 8.53. The van der Waals surface area contributed by atoms with Crippen LogP contribution in [-0.2, 0) is 22.6 Å². The Balaban J connectivity index is 1.34. The second kappa shape index (κ2) is 10.3. The van der Waals surface area contributed by atoms with Crippen molar-refractivity contribution < 1.29 is 9.59 Å². The molecule has 1 N–H and O–H groups in total. The molecule has 1 aliphatic rings. The highest BCUT2D eigenvalue weighted by Gasteiger charge is 2.35. The van der Waals surface area contributed by atoms with Gasteiger partial charge in [0.25, 0.3) is 5.56 Å². The van der Waals surface area contributed by atoms with Gasteiger partial charge in [0.15, 0.2) is 0 Å². The van der Waals surface area contributed by atoms with Crippen LogP contribution in [0.4, 0.5) is 11.4 Å². The van der Waals surface area contributed by atoms with Gasteiger partial charge in [-0.15, -0.1) is 0 Å². The van der Waals surface area contributed by atoms with Gasteiger partial charge in [-0.05, 0) is 54.3 Å². The molecule has 1 atom stereocenters. The van der Waals surface area contributed by atoms with Gasteiger partial charge in [-0.2, -0.15) is 0 Å². The van der Waals surface area contributed by atoms with Crippen molar-refractivity contribution in [3.05, 3.63) is 94.4 Å². The smallest absolute Gasteiger partial charge is 0.250 e. The number of nitrogens with zero attached hydrogens (tertiary/aromatic N) is 2. The Morgan fingerprint density at radius 2 is 1.70 bits per heavy atom. The minimum Gasteiger partial charge on any atom is -0.326 e. The maximum Gasteiger partial charge on any atom is 0.250 e. The lowest BCUT2D eigenvalue weighted by Gasteiger charge is -2.17. The van der Waals surface area contributed by atoms with E-state index >= 15 is 0 Å². The molecule has 4 rings (SSSR count). The summed E-state index contributed by atoms with van der Waals surface area (Å²) in [6.45, 7) is 3.02. The number of anilines is 2. The normalized spacial score (nSPS) is 15.6. The third-order valence-electron chi connectivity index (χ3n) is 6.04. The molecule has 1 saturated heterocycles. The van der Waals surface area contributed by atoms with E-state index in [2.05, 4.69) is 24.4 Å². The highest BCUT2D eigenvalue weighted by molar-refractivity contribution is 6.03. The summed E-state index contributed by atoms with van der Waals surface area (Å²) in [5, 5.41) is 2.92. The molecule has 0 spiro atoms. The zero-order valence-electron chi connectivity index (χ0n) is 18.9. The Morgan fingerprint density at radius 3 is 2.39 bits per heavy atom. The molecule has 2 amide bonds. The van der Waals surface area contributed by atoms with Gasteiger partial charge >= 0.3 is 0 Å². The molecule has 0 radical (unpaired) electrons. The Hall–Kier alpha value is -3.67. The Bertz CT molecular complexity index is 1170. The van der Waals surface area contributed by atoms with E-state index in [9.17, 15) is 14.4 Å². The van der Waals surface area contributed by atoms with Crippen molar-refractivity contribution in [2.45, 2.75) is 39.2 Å². The van der Waals surface area contributed by atoms with E-state index < -0.39 is 0 Å². The lowest BCUT2D eigenvalue weighted by Crippen LogP contribution is -2.28. The van der Waals surface area contributed by atoms with E-state index in [0.29, 0.717) is 18.8 Å². The summed E-state index contributed by atoms with van der Waals surface area (Å²) in [6, 6.07) is 20.6. The van der Waals surface area contributed by atoms with Crippen molar-refractivity contribution in [1.82, 2.24) is 4.57 Å².